The number of nitrogens with zero attached hydrogens (tertiary/aromatic N) is 2. The normalized spacial score (nSPS) is 11.2. The fraction of sp³-hybridized carbons (Fsp3) is 0.417. The second-order valence-electron chi connectivity index (χ2n) is 4.85. The third-order valence-electron chi connectivity index (χ3n) is 2.94. The molecule has 0 unspecified atom stereocenters. The van der Waals surface area contributed by atoms with Crippen molar-refractivity contribution < 1.29 is 13.2 Å². The predicted octanol–water partition coefficient (Wildman–Crippen LogP) is -0.251. The summed E-state index contributed by atoms with van der Waals surface area (Å²) in [5.41, 5.74) is 7.02. The molecule has 1 amide bonds. The van der Waals surface area contributed by atoms with Crippen LogP contribution in [0.1, 0.15) is 5.56 Å². The van der Waals surface area contributed by atoms with E-state index in [1.807, 2.05) is 0 Å². The molecule has 0 aliphatic rings. The molecule has 0 aliphatic heterocycles. The molecule has 0 spiro atoms. The highest BCUT2D eigenvalue weighted by Gasteiger charge is 2.19. The minimum atomic E-state index is -3.86. The lowest BCUT2D eigenvalue weighted by Crippen LogP contribution is -2.34. The Morgan fingerprint density at radius 3 is 2.25 bits per heavy atom. The number of sulfonamides is 1. The van der Waals surface area contributed by atoms with E-state index in [2.05, 4.69) is 0 Å². The summed E-state index contributed by atoms with van der Waals surface area (Å²) in [6, 6.07) is 2.93. The van der Waals surface area contributed by atoms with Gasteiger partial charge in [-0.15, -0.1) is 0 Å². The van der Waals surface area contributed by atoms with Crippen LogP contribution in [0.15, 0.2) is 17.0 Å². The lowest BCUT2D eigenvalue weighted by molar-refractivity contribution is -0.127. The summed E-state index contributed by atoms with van der Waals surface area (Å²) in [5, 5.41) is 5.17. The number of nitrogen functional groups attached to an aromatic ring is 1. The van der Waals surface area contributed by atoms with Crippen LogP contribution >= 0.6 is 0 Å². The number of amides is 1. The van der Waals surface area contributed by atoms with Gasteiger partial charge in [-0.1, -0.05) is 0 Å². The fourth-order valence-electron chi connectivity index (χ4n) is 1.82. The third-order valence-corrected chi connectivity index (χ3v) is 3.98. The van der Waals surface area contributed by atoms with E-state index in [-0.39, 0.29) is 23.0 Å². The summed E-state index contributed by atoms with van der Waals surface area (Å²) >= 11 is 0. The summed E-state index contributed by atoms with van der Waals surface area (Å²) in [6.45, 7) is 1.74. The van der Waals surface area contributed by atoms with E-state index in [9.17, 15) is 13.2 Å². The number of anilines is 2. The first kappa shape index (κ1) is 16.3. The average Bonchev–Trinajstić information content (AvgIpc) is 2.29. The van der Waals surface area contributed by atoms with E-state index in [1.165, 1.54) is 11.0 Å². The van der Waals surface area contributed by atoms with Crippen molar-refractivity contribution in [1.82, 2.24) is 4.90 Å². The van der Waals surface area contributed by atoms with Crippen LogP contribution in [0.3, 0.4) is 0 Å². The lowest BCUT2D eigenvalue weighted by atomic mass is 10.1. The number of nitrogens with two attached hydrogens (primary N) is 2. The Morgan fingerprint density at radius 1 is 1.25 bits per heavy atom. The van der Waals surface area contributed by atoms with Crippen LogP contribution in [0, 0.1) is 6.92 Å². The first-order chi connectivity index (χ1) is 9.04. The Kier molecular flexibility index (Phi) is 4.61. The molecular weight excluding hydrogens is 280 g/mol. The van der Waals surface area contributed by atoms with E-state index in [0.717, 1.165) is 0 Å². The quantitative estimate of drug-likeness (QED) is 0.745. The molecule has 1 aromatic rings. The van der Waals surface area contributed by atoms with Gasteiger partial charge in [-0.3, -0.25) is 4.79 Å². The Labute approximate surface area is 119 Å². The van der Waals surface area contributed by atoms with Crippen LogP contribution in [0.5, 0.6) is 0 Å². The van der Waals surface area contributed by atoms with Gasteiger partial charge in [0.2, 0.25) is 15.9 Å². The zero-order valence-corrected chi connectivity index (χ0v) is 12.9. The first-order valence-corrected chi connectivity index (χ1v) is 7.43. The van der Waals surface area contributed by atoms with E-state index in [0.29, 0.717) is 11.3 Å². The van der Waals surface area contributed by atoms with Crippen LogP contribution in [0.4, 0.5) is 11.4 Å². The number of likely N-dealkylation sites (N-methyl/N-ethyl adjacent to an activating group) is 2. The molecule has 1 aromatic carbocycles. The first-order valence-electron chi connectivity index (χ1n) is 5.88. The molecule has 1 rings (SSSR count). The number of carbonyl (C=O) groups excluding carboxylic acids is 1. The smallest absolute Gasteiger partial charge is 0.241 e. The number of hydrogen-bond donors (Lipinski definition) is 2. The fourth-order valence-corrected chi connectivity index (χ4v) is 2.65. The minimum absolute atomic E-state index is 0.0309. The van der Waals surface area contributed by atoms with E-state index < -0.39 is 10.0 Å². The molecule has 0 saturated heterocycles. The van der Waals surface area contributed by atoms with Gasteiger partial charge in [0.1, 0.15) is 0 Å². The SMILES string of the molecule is Cc1c(N(C)CC(=O)N(C)C)cc(N)cc1S(N)(=O)=O. The van der Waals surface area contributed by atoms with Crippen molar-refractivity contribution in [3.8, 4) is 0 Å². The van der Waals surface area contributed by atoms with Gasteiger partial charge < -0.3 is 15.5 Å². The number of carbonyl (C=O) groups is 1. The van der Waals surface area contributed by atoms with E-state index in [1.54, 1.807) is 39.0 Å². The Hall–Kier alpha value is -1.80. The zero-order valence-electron chi connectivity index (χ0n) is 12.0. The van der Waals surface area contributed by atoms with Gasteiger partial charge in [-0.2, -0.15) is 0 Å². The Bertz CT molecular complexity index is 626. The maximum Gasteiger partial charge on any atom is 0.241 e. The molecular formula is C12H20N4O3S. The third kappa shape index (κ3) is 3.61. The van der Waals surface area contributed by atoms with Gasteiger partial charge >= 0.3 is 0 Å². The zero-order chi connectivity index (χ0) is 15.7. The Balaban J connectivity index is 3.26. The topological polar surface area (TPSA) is 110 Å². The van der Waals surface area contributed by atoms with Crippen LogP contribution in [-0.4, -0.2) is 46.9 Å². The second-order valence-corrected chi connectivity index (χ2v) is 6.38. The van der Waals surface area contributed by atoms with Crippen molar-refractivity contribution in [2.24, 2.45) is 5.14 Å². The summed E-state index contributed by atoms with van der Waals surface area (Å²) in [6.07, 6.45) is 0. The lowest BCUT2D eigenvalue weighted by Gasteiger charge is -2.24. The van der Waals surface area contributed by atoms with Crippen molar-refractivity contribution in [1.29, 1.82) is 0 Å². The van der Waals surface area contributed by atoms with Crippen molar-refractivity contribution in [3.05, 3.63) is 17.7 Å². The molecule has 0 aromatic heterocycles. The molecule has 0 aliphatic carbocycles. The summed E-state index contributed by atoms with van der Waals surface area (Å²) < 4.78 is 23.1. The van der Waals surface area contributed by atoms with Crippen LogP contribution < -0.4 is 15.8 Å². The van der Waals surface area contributed by atoms with E-state index in [4.69, 9.17) is 10.9 Å². The number of primary sulfonamides is 1. The second kappa shape index (κ2) is 5.68. The van der Waals surface area contributed by atoms with Crippen LogP contribution in [0.2, 0.25) is 0 Å². The minimum Gasteiger partial charge on any atom is -0.399 e. The van der Waals surface area contributed by atoms with Crippen molar-refractivity contribution in [3.63, 3.8) is 0 Å². The molecule has 0 bridgehead atoms. The number of rotatable bonds is 4. The van der Waals surface area contributed by atoms with Gasteiger partial charge in [0.05, 0.1) is 11.4 Å². The highest BCUT2D eigenvalue weighted by Crippen LogP contribution is 2.28. The van der Waals surface area contributed by atoms with Crippen LogP contribution in [0.25, 0.3) is 0 Å². The molecule has 7 nitrogen and oxygen atoms in total. The van der Waals surface area contributed by atoms with Gasteiger partial charge in [0.15, 0.2) is 0 Å². The highest BCUT2D eigenvalue weighted by atomic mass is 32.2. The monoisotopic (exact) mass is 300 g/mol. The van der Waals surface area contributed by atoms with Gasteiger partial charge in [0, 0.05) is 32.5 Å². The number of benzene rings is 1. The predicted molar refractivity (Wildman–Crippen MR) is 78.9 cm³/mol. The molecule has 0 saturated carbocycles. The molecule has 4 N–H and O–H groups in total. The van der Waals surface area contributed by atoms with Crippen LogP contribution in [-0.2, 0) is 14.8 Å². The molecule has 0 radical (unpaired) electrons. The largest absolute Gasteiger partial charge is 0.399 e. The maximum atomic E-state index is 11.7. The molecule has 0 atom stereocenters. The molecule has 0 fully saturated rings. The average molecular weight is 300 g/mol. The van der Waals surface area contributed by atoms with Gasteiger partial charge in [0.25, 0.3) is 0 Å². The van der Waals surface area contributed by atoms with E-state index >= 15 is 0 Å². The summed E-state index contributed by atoms with van der Waals surface area (Å²) in [7, 11) is 1.13. The maximum absolute atomic E-state index is 11.7. The Morgan fingerprint density at radius 2 is 1.80 bits per heavy atom. The highest BCUT2D eigenvalue weighted by molar-refractivity contribution is 7.89. The number of hydrogen-bond acceptors (Lipinski definition) is 5. The summed E-state index contributed by atoms with van der Waals surface area (Å²) in [5.74, 6) is -0.105. The van der Waals surface area contributed by atoms with Crippen molar-refractivity contribution >= 4 is 27.3 Å². The van der Waals surface area contributed by atoms with Gasteiger partial charge in [-0.05, 0) is 24.6 Å². The standard InChI is InChI=1S/C12H20N4O3S/c1-8-10(16(4)7-12(17)15(2)3)5-9(13)6-11(8)20(14,18)19/h5-6H,7,13H2,1-4H3,(H2,14,18,19). The molecule has 8 heteroatoms. The summed E-state index contributed by atoms with van der Waals surface area (Å²) in [4.78, 5) is 14.8. The van der Waals surface area contributed by atoms with Crippen molar-refractivity contribution in [2.45, 2.75) is 11.8 Å². The molecule has 0 heterocycles. The molecule has 112 valence electrons. The molecule has 20 heavy (non-hydrogen) atoms. The van der Waals surface area contributed by atoms with Gasteiger partial charge in [-0.25, -0.2) is 13.6 Å². The van der Waals surface area contributed by atoms with Crippen molar-refractivity contribution in [2.75, 3.05) is 38.3 Å².